The molecule has 0 heterocycles. The van der Waals surface area contributed by atoms with E-state index in [4.69, 9.17) is 4.74 Å². The third kappa shape index (κ3) is 3.30. The van der Waals surface area contributed by atoms with Gasteiger partial charge in [-0.3, -0.25) is 0 Å². The van der Waals surface area contributed by atoms with Gasteiger partial charge in [0.1, 0.15) is 16.5 Å². The second-order valence-corrected chi connectivity index (χ2v) is 8.00. The molecule has 3 rings (SSSR count). The highest BCUT2D eigenvalue weighted by atomic mass is 32.2. The number of hydrogen-bond acceptors (Lipinski definition) is 3. The first-order chi connectivity index (χ1) is 11.4. The van der Waals surface area contributed by atoms with E-state index in [-0.39, 0.29) is 22.7 Å². The van der Waals surface area contributed by atoms with Crippen molar-refractivity contribution < 1.29 is 17.5 Å². The Morgan fingerprint density at radius 2 is 1.83 bits per heavy atom. The molecule has 0 unspecified atom stereocenters. The van der Waals surface area contributed by atoms with Crippen LogP contribution in [0.3, 0.4) is 0 Å². The summed E-state index contributed by atoms with van der Waals surface area (Å²) < 4.78 is 46.3. The van der Waals surface area contributed by atoms with Crippen LogP contribution in [0.1, 0.15) is 24.0 Å². The van der Waals surface area contributed by atoms with Crippen molar-refractivity contribution >= 4 is 10.0 Å². The largest absolute Gasteiger partial charge is 0.495 e. The van der Waals surface area contributed by atoms with Gasteiger partial charge in [-0.15, -0.1) is 0 Å². The molecule has 128 valence electrons. The zero-order valence-corrected chi connectivity index (χ0v) is 14.5. The van der Waals surface area contributed by atoms with Gasteiger partial charge in [-0.1, -0.05) is 18.2 Å². The number of aryl methyl sites for hydroxylation is 1. The van der Waals surface area contributed by atoms with E-state index < -0.39 is 10.0 Å². The van der Waals surface area contributed by atoms with Crippen molar-refractivity contribution in [2.24, 2.45) is 0 Å². The predicted molar refractivity (Wildman–Crippen MR) is 90.2 cm³/mol. The van der Waals surface area contributed by atoms with Crippen molar-refractivity contribution in [2.75, 3.05) is 13.7 Å². The SMILES string of the molecule is COc1ccc(C)cc1S(=O)(=O)NCC1(c2ccc(F)cc2)CC1. The van der Waals surface area contributed by atoms with Crippen LogP contribution in [0.15, 0.2) is 47.4 Å². The molecule has 2 aromatic rings. The lowest BCUT2D eigenvalue weighted by Crippen LogP contribution is -2.32. The van der Waals surface area contributed by atoms with Crippen LogP contribution in [0.25, 0.3) is 0 Å². The highest BCUT2D eigenvalue weighted by Crippen LogP contribution is 2.47. The van der Waals surface area contributed by atoms with Crippen LogP contribution >= 0.6 is 0 Å². The van der Waals surface area contributed by atoms with Crippen LogP contribution in [-0.4, -0.2) is 22.1 Å². The van der Waals surface area contributed by atoms with Crippen LogP contribution in [0.5, 0.6) is 5.75 Å². The smallest absolute Gasteiger partial charge is 0.244 e. The highest BCUT2D eigenvalue weighted by molar-refractivity contribution is 7.89. The maximum atomic E-state index is 13.1. The van der Waals surface area contributed by atoms with Gasteiger partial charge in [0.2, 0.25) is 10.0 Å². The standard InChI is InChI=1S/C18H20FNO3S/c1-13-3-8-16(23-2)17(11-13)24(21,22)20-12-18(9-10-18)14-4-6-15(19)7-5-14/h3-8,11,20H,9-10,12H2,1-2H3. The molecule has 0 bridgehead atoms. The van der Waals surface area contributed by atoms with Gasteiger partial charge in [-0.25, -0.2) is 17.5 Å². The Balaban J connectivity index is 1.81. The minimum absolute atomic E-state index is 0.139. The van der Waals surface area contributed by atoms with Crippen molar-refractivity contribution in [1.29, 1.82) is 0 Å². The van der Waals surface area contributed by atoms with E-state index in [0.717, 1.165) is 24.0 Å². The van der Waals surface area contributed by atoms with E-state index >= 15 is 0 Å². The molecule has 1 aliphatic rings. The van der Waals surface area contributed by atoms with Crippen LogP contribution in [0.4, 0.5) is 4.39 Å². The molecule has 24 heavy (non-hydrogen) atoms. The minimum Gasteiger partial charge on any atom is -0.495 e. The van der Waals surface area contributed by atoms with E-state index in [2.05, 4.69) is 4.72 Å². The molecule has 1 aliphatic carbocycles. The average Bonchev–Trinajstić information content (AvgIpc) is 3.35. The predicted octanol–water partition coefficient (Wildman–Crippen LogP) is 3.15. The van der Waals surface area contributed by atoms with Crippen LogP contribution < -0.4 is 9.46 Å². The molecule has 0 radical (unpaired) electrons. The summed E-state index contributed by atoms with van der Waals surface area (Å²) in [5.41, 5.74) is 1.57. The summed E-state index contributed by atoms with van der Waals surface area (Å²) in [5, 5.41) is 0. The second kappa shape index (κ2) is 6.18. The molecular weight excluding hydrogens is 329 g/mol. The number of benzene rings is 2. The molecule has 0 amide bonds. The van der Waals surface area contributed by atoms with Crippen molar-refractivity contribution in [2.45, 2.75) is 30.1 Å². The molecule has 0 atom stereocenters. The quantitative estimate of drug-likeness (QED) is 0.872. The first-order valence-electron chi connectivity index (χ1n) is 7.77. The third-order valence-electron chi connectivity index (χ3n) is 4.52. The number of halogens is 1. The van der Waals surface area contributed by atoms with Gasteiger partial charge in [-0.2, -0.15) is 0 Å². The molecular formula is C18H20FNO3S. The zero-order chi connectivity index (χ0) is 17.4. The third-order valence-corrected chi connectivity index (χ3v) is 5.94. The maximum Gasteiger partial charge on any atom is 0.244 e. The number of sulfonamides is 1. The van der Waals surface area contributed by atoms with Gasteiger partial charge >= 0.3 is 0 Å². The molecule has 1 N–H and O–H groups in total. The van der Waals surface area contributed by atoms with Gasteiger partial charge in [0.15, 0.2) is 0 Å². The summed E-state index contributed by atoms with van der Waals surface area (Å²) in [4.78, 5) is 0.139. The summed E-state index contributed by atoms with van der Waals surface area (Å²) in [7, 11) is -2.23. The van der Waals surface area contributed by atoms with E-state index in [1.54, 1.807) is 30.3 Å². The lowest BCUT2D eigenvalue weighted by Gasteiger charge is -2.18. The molecule has 0 spiro atoms. The van der Waals surface area contributed by atoms with Crippen molar-refractivity contribution in [3.63, 3.8) is 0 Å². The van der Waals surface area contributed by atoms with E-state index in [1.165, 1.54) is 19.2 Å². The summed E-state index contributed by atoms with van der Waals surface area (Å²) in [6.07, 6.45) is 1.76. The molecule has 1 fully saturated rings. The summed E-state index contributed by atoms with van der Waals surface area (Å²) in [5.74, 6) is 0.0272. The van der Waals surface area contributed by atoms with Crippen LogP contribution in [0, 0.1) is 12.7 Å². The Morgan fingerprint density at radius 3 is 2.42 bits per heavy atom. The zero-order valence-electron chi connectivity index (χ0n) is 13.7. The first kappa shape index (κ1) is 16.9. The van der Waals surface area contributed by atoms with Crippen LogP contribution in [-0.2, 0) is 15.4 Å². The van der Waals surface area contributed by atoms with Gasteiger partial charge in [0, 0.05) is 12.0 Å². The lowest BCUT2D eigenvalue weighted by molar-refractivity contribution is 0.402. The fourth-order valence-corrected chi connectivity index (χ4v) is 4.21. The fraction of sp³-hybridized carbons (Fsp3) is 0.333. The number of ether oxygens (including phenoxy) is 1. The number of rotatable bonds is 6. The summed E-state index contributed by atoms with van der Waals surface area (Å²) in [6.45, 7) is 2.12. The first-order valence-corrected chi connectivity index (χ1v) is 9.25. The van der Waals surface area contributed by atoms with E-state index in [9.17, 15) is 12.8 Å². The van der Waals surface area contributed by atoms with Crippen molar-refractivity contribution in [3.8, 4) is 5.75 Å². The Bertz CT molecular complexity index is 843. The molecule has 2 aromatic carbocycles. The molecule has 0 aromatic heterocycles. The molecule has 0 saturated heterocycles. The number of hydrogen-bond donors (Lipinski definition) is 1. The van der Waals surface area contributed by atoms with Crippen molar-refractivity contribution in [3.05, 3.63) is 59.4 Å². The summed E-state index contributed by atoms with van der Waals surface area (Å²) in [6, 6.07) is 11.3. The average molecular weight is 349 g/mol. The Morgan fingerprint density at radius 1 is 1.17 bits per heavy atom. The molecule has 0 aliphatic heterocycles. The minimum atomic E-state index is -3.68. The Hall–Kier alpha value is -1.92. The Kier molecular flexibility index (Phi) is 4.36. The number of methoxy groups -OCH3 is 1. The lowest BCUT2D eigenvalue weighted by atomic mass is 9.96. The van der Waals surface area contributed by atoms with Gasteiger partial charge in [0.05, 0.1) is 7.11 Å². The molecule has 4 nitrogen and oxygen atoms in total. The topological polar surface area (TPSA) is 55.4 Å². The van der Waals surface area contributed by atoms with Gasteiger partial charge < -0.3 is 4.74 Å². The number of nitrogens with one attached hydrogen (secondary N) is 1. The molecule has 1 saturated carbocycles. The van der Waals surface area contributed by atoms with E-state index in [1.807, 2.05) is 6.92 Å². The molecule has 6 heteroatoms. The van der Waals surface area contributed by atoms with E-state index in [0.29, 0.717) is 5.75 Å². The fourth-order valence-electron chi connectivity index (χ4n) is 2.83. The van der Waals surface area contributed by atoms with Gasteiger partial charge in [-0.05, 0) is 55.2 Å². The van der Waals surface area contributed by atoms with Crippen LogP contribution in [0.2, 0.25) is 0 Å². The highest BCUT2D eigenvalue weighted by Gasteiger charge is 2.45. The summed E-state index contributed by atoms with van der Waals surface area (Å²) >= 11 is 0. The monoisotopic (exact) mass is 349 g/mol. The van der Waals surface area contributed by atoms with Gasteiger partial charge in [0.25, 0.3) is 0 Å². The van der Waals surface area contributed by atoms with Crippen molar-refractivity contribution in [1.82, 2.24) is 4.72 Å². The second-order valence-electron chi connectivity index (χ2n) is 6.27. The normalized spacial score (nSPS) is 16.0. The Labute approximate surface area is 141 Å². The maximum absolute atomic E-state index is 13.1.